The van der Waals surface area contributed by atoms with Gasteiger partial charge in [0.2, 0.25) is 5.91 Å². The summed E-state index contributed by atoms with van der Waals surface area (Å²) in [5.41, 5.74) is 4.92. The highest BCUT2D eigenvalue weighted by Gasteiger charge is 2.44. The predicted molar refractivity (Wildman–Crippen MR) is 65.7 cm³/mol. The molecule has 2 rings (SSSR count). The second kappa shape index (κ2) is 4.66. The maximum atomic E-state index is 11.6. The van der Waals surface area contributed by atoms with Crippen LogP contribution < -0.4 is 11.1 Å². The molecule has 5 nitrogen and oxygen atoms in total. The van der Waals surface area contributed by atoms with Gasteiger partial charge in [-0.3, -0.25) is 9.48 Å². The topological polar surface area (TPSA) is 72.9 Å². The van der Waals surface area contributed by atoms with Crippen LogP contribution in [-0.2, 0) is 4.79 Å². The summed E-state index contributed by atoms with van der Waals surface area (Å²) < 4.78 is 1.82. The first-order chi connectivity index (χ1) is 8.07. The van der Waals surface area contributed by atoms with Crippen molar-refractivity contribution in [3.05, 3.63) is 17.4 Å². The van der Waals surface area contributed by atoms with Crippen LogP contribution in [0.2, 0.25) is 5.02 Å². The van der Waals surface area contributed by atoms with Gasteiger partial charge < -0.3 is 11.1 Å². The number of likely N-dealkylation sites (N-methyl/N-ethyl adjacent to an activating group) is 1. The second-order valence-electron chi connectivity index (χ2n) is 4.51. The first-order valence-corrected chi connectivity index (χ1v) is 6.20. The summed E-state index contributed by atoms with van der Waals surface area (Å²) in [6.45, 7) is 2.71. The molecule has 1 saturated carbocycles. The molecule has 0 aromatic carbocycles. The Bertz CT molecular complexity index is 419. The minimum atomic E-state index is -0.585. The third kappa shape index (κ3) is 2.30. The van der Waals surface area contributed by atoms with Crippen molar-refractivity contribution < 1.29 is 4.79 Å². The quantitative estimate of drug-likeness (QED) is 0.847. The number of nitrogens with zero attached hydrogens (tertiary/aromatic N) is 2. The number of carbonyl (C=O) groups excluding carboxylic acids is 1. The van der Waals surface area contributed by atoms with E-state index in [9.17, 15) is 4.79 Å². The molecule has 2 atom stereocenters. The monoisotopic (exact) mass is 256 g/mol. The fourth-order valence-electron chi connectivity index (χ4n) is 2.57. The van der Waals surface area contributed by atoms with Gasteiger partial charge in [0.25, 0.3) is 0 Å². The van der Waals surface area contributed by atoms with Gasteiger partial charge in [0.05, 0.1) is 22.8 Å². The highest BCUT2D eigenvalue weighted by molar-refractivity contribution is 6.30. The molecule has 1 aliphatic rings. The van der Waals surface area contributed by atoms with E-state index in [0.717, 1.165) is 19.4 Å². The van der Waals surface area contributed by atoms with Crippen LogP contribution in [0.4, 0.5) is 0 Å². The molecule has 0 bridgehead atoms. The van der Waals surface area contributed by atoms with Crippen LogP contribution in [0.1, 0.15) is 32.2 Å². The summed E-state index contributed by atoms with van der Waals surface area (Å²) in [5.74, 6) is -0.278. The molecule has 0 spiro atoms. The lowest BCUT2D eigenvalue weighted by Gasteiger charge is -2.26. The highest BCUT2D eigenvalue weighted by Crippen LogP contribution is 2.37. The second-order valence-corrected chi connectivity index (χ2v) is 4.95. The van der Waals surface area contributed by atoms with Crippen molar-refractivity contribution in [2.75, 3.05) is 6.54 Å². The van der Waals surface area contributed by atoms with Crippen molar-refractivity contribution in [1.82, 2.24) is 15.1 Å². The Kier molecular flexibility index (Phi) is 3.40. The first-order valence-electron chi connectivity index (χ1n) is 5.82. The number of nitrogens with two attached hydrogens (primary N) is 1. The van der Waals surface area contributed by atoms with Crippen molar-refractivity contribution in [3.63, 3.8) is 0 Å². The van der Waals surface area contributed by atoms with E-state index in [-0.39, 0.29) is 11.9 Å². The van der Waals surface area contributed by atoms with Crippen LogP contribution >= 0.6 is 11.6 Å². The molecular formula is C11H17ClN4O. The Morgan fingerprint density at radius 2 is 2.59 bits per heavy atom. The molecule has 17 heavy (non-hydrogen) atoms. The minimum Gasteiger partial charge on any atom is -0.368 e. The lowest BCUT2D eigenvalue weighted by molar-refractivity contribution is -0.124. The van der Waals surface area contributed by atoms with Crippen molar-refractivity contribution in [2.45, 2.75) is 37.8 Å². The summed E-state index contributed by atoms with van der Waals surface area (Å²) in [7, 11) is 0. The molecule has 1 fully saturated rings. The van der Waals surface area contributed by atoms with Gasteiger partial charge in [-0.1, -0.05) is 18.5 Å². The third-order valence-electron chi connectivity index (χ3n) is 3.42. The van der Waals surface area contributed by atoms with Crippen molar-refractivity contribution in [2.24, 2.45) is 5.73 Å². The van der Waals surface area contributed by atoms with E-state index < -0.39 is 5.54 Å². The molecule has 1 aromatic rings. The van der Waals surface area contributed by atoms with Crippen LogP contribution in [0.5, 0.6) is 0 Å². The number of rotatable bonds is 4. The van der Waals surface area contributed by atoms with E-state index in [1.165, 1.54) is 0 Å². The standard InChI is InChI=1S/C11H17ClN4O/c1-2-14-11(10(13)17)4-3-9(5-11)16-7-8(12)6-15-16/h6-7,9,14H,2-5H2,1H3,(H2,13,17). The maximum absolute atomic E-state index is 11.6. The zero-order chi connectivity index (χ0) is 12.5. The van der Waals surface area contributed by atoms with Gasteiger partial charge >= 0.3 is 0 Å². The summed E-state index contributed by atoms with van der Waals surface area (Å²) >= 11 is 5.84. The van der Waals surface area contributed by atoms with E-state index >= 15 is 0 Å². The third-order valence-corrected chi connectivity index (χ3v) is 3.61. The maximum Gasteiger partial charge on any atom is 0.237 e. The molecule has 0 radical (unpaired) electrons. The molecule has 0 saturated heterocycles. The van der Waals surface area contributed by atoms with Gasteiger partial charge in [-0.25, -0.2) is 0 Å². The Morgan fingerprint density at radius 1 is 1.82 bits per heavy atom. The van der Waals surface area contributed by atoms with Crippen LogP contribution in [0.3, 0.4) is 0 Å². The first kappa shape index (κ1) is 12.4. The largest absolute Gasteiger partial charge is 0.368 e. The SMILES string of the molecule is CCNC1(C(N)=O)CCC(n2cc(Cl)cn2)C1. The number of nitrogens with one attached hydrogen (secondary N) is 1. The number of halogens is 1. The lowest BCUT2D eigenvalue weighted by Crippen LogP contribution is -2.53. The van der Waals surface area contributed by atoms with Gasteiger partial charge in [0.1, 0.15) is 0 Å². The summed E-state index contributed by atoms with van der Waals surface area (Å²) in [5, 5.41) is 8.02. The molecule has 1 aromatic heterocycles. The van der Waals surface area contributed by atoms with Gasteiger partial charge in [0.15, 0.2) is 0 Å². The Morgan fingerprint density at radius 3 is 3.12 bits per heavy atom. The minimum absolute atomic E-state index is 0.189. The zero-order valence-electron chi connectivity index (χ0n) is 9.82. The summed E-state index contributed by atoms with van der Waals surface area (Å²) in [6, 6.07) is 0.189. The van der Waals surface area contributed by atoms with E-state index in [1.54, 1.807) is 12.4 Å². The van der Waals surface area contributed by atoms with Gasteiger partial charge in [0, 0.05) is 6.20 Å². The average Bonchev–Trinajstić information content (AvgIpc) is 2.86. The van der Waals surface area contributed by atoms with E-state index in [1.807, 2.05) is 11.6 Å². The van der Waals surface area contributed by atoms with Crippen LogP contribution in [0.25, 0.3) is 0 Å². The van der Waals surface area contributed by atoms with E-state index in [2.05, 4.69) is 10.4 Å². The molecule has 0 aliphatic heterocycles. The average molecular weight is 257 g/mol. The molecule has 94 valence electrons. The molecule has 3 N–H and O–H groups in total. The fourth-order valence-corrected chi connectivity index (χ4v) is 2.71. The zero-order valence-corrected chi connectivity index (χ0v) is 10.6. The summed E-state index contributed by atoms with van der Waals surface area (Å²) in [6.07, 6.45) is 5.70. The van der Waals surface area contributed by atoms with Crippen LogP contribution in [0.15, 0.2) is 12.4 Å². The van der Waals surface area contributed by atoms with Gasteiger partial charge in [-0.05, 0) is 25.8 Å². The lowest BCUT2D eigenvalue weighted by atomic mass is 9.96. The van der Waals surface area contributed by atoms with Crippen molar-refractivity contribution in [1.29, 1.82) is 0 Å². The number of amides is 1. The summed E-state index contributed by atoms with van der Waals surface area (Å²) in [4.78, 5) is 11.6. The normalized spacial score (nSPS) is 28.5. The highest BCUT2D eigenvalue weighted by atomic mass is 35.5. The van der Waals surface area contributed by atoms with E-state index in [0.29, 0.717) is 11.4 Å². The molecule has 2 unspecified atom stereocenters. The van der Waals surface area contributed by atoms with Crippen molar-refractivity contribution >= 4 is 17.5 Å². The number of carbonyl (C=O) groups is 1. The number of primary amides is 1. The predicted octanol–water partition coefficient (Wildman–Crippen LogP) is 1.10. The molecular weight excluding hydrogens is 240 g/mol. The Hall–Kier alpha value is -1.07. The van der Waals surface area contributed by atoms with Gasteiger partial charge in [-0.2, -0.15) is 5.10 Å². The smallest absolute Gasteiger partial charge is 0.237 e. The number of hydrogen-bond donors (Lipinski definition) is 2. The van der Waals surface area contributed by atoms with Crippen LogP contribution in [-0.4, -0.2) is 27.8 Å². The van der Waals surface area contributed by atoms with Gasteiger partial charge in [-0.15, -0.1) is 0 Å². The molecule has 1 amide bonds. The van der Waals surface area contributed by atoms with Crippen LogP contribution in [0, 0.1) is 0 Å². The van der Waals surface area contributed by atoms with Crippen molar-refractivity contribution in [3.8, 4) is 0 Å². The molecule has 1 heterocycles. The Labute approximate surface area is 105 Å². The molecule has 6 heteroatoms. The fraction of sp³-hybridized carbons (Fsp3) is 0.636. The van der Waals surface area contributed by atoms with E-state index in [4.69, 9.17) is 17.3 Å². The Balaban J connectivity index is 2.14. The molecule has 1 aliphatic carbocycles. The number of aromatic nitrogens is 2. The number of hydrogen-bond acceptors (Lipinski definition) is 3.